The topological polar surface area (TPSA) is 64.2 Å². The van der Waals surface area contributed by atoms with Gasteiger partial charge in [-0.25, -0.2) is 0 Å². The zero-order chi connectivity index (χ0) is 18.4. The number of aromatic nitrogens is 3. The van der Waals surface area contributed by atoms with Gasteiger partial charge >= 0.3 is 6.18 Å². The predicted molar refractivity (Wildman–Crippen MR) is 81.8 cm³/mol. The van der Waals surface area contributed by atoms with Crippen molar-refractivity contribution in [2.45, 2.75) is 44.8 Å². The lowest BCUT2D eigenvalue weighted by atomic mass is 10.1. The molecule has 0 N–H and O–H groups in total. The van der Waals surface area contributed by atoms with Gasteiger partial charge in [0.15, 0.2) is 11.5 Å². The zero-order valence-electron chi connectivity index (χ0n) is 14.2. The summed E-state index contributed by atoms with van der Waals surface area (Å²) in [6.45, 7) is 4.40. The van der Waals surface area contributed by atoms with Crippen LogP contribution in [-0.4, -0.2) is 32.3 Å². The molecule has 25 heavy (non-hydrogen) atoms. The van der Waals surface area contributed by atoms with Gasteiger partial charge in [-0.1, -0.05) is 19.0 Å². The third-order valence-corrected chi connectivity index (χ3v) is 4.37. The van der Waals surface area contributed by atoms with Crippen LogP contribution in [0.1, 0.15) is 66.3 Å². The minimum Gasteiger partial charge on any atom is -0.359 e. The fourth-order valence-corrected chi connectivity index (χ4v) is 3.02. The van der Waals surface area contributed by atoms with Crippen LogP contribution in [-0.2, 0) is 13.2 Å². The highest BCUT2D eigenvalue weighted by atomic mass is 19.4. The van der Waals surface area contributed by atoms with Crippen LogP contribution in [0, 0.1) is 0 Å². The summed E-state index contributed by atoms with van der Waals surface area (Å²) in [5, 5.41) is 7.74. The number of hydrogen-bond donors (Lipinski definition) is 0. The van der Waals surface area contributed by atoms with Gasteiger partial charge in [0.25, 0.3) is 5.91 Å². The van der Waals surface area contributed by atoms with E-state index in [0.29, 0.717) is 23.4 Å². The summed E-state index contributed by atoms with van der Waals surface area (Å²) in [5.74, 6) is 0.214. The van der Waals surface area contributed by atoms with Crippen LogP contribution in [0.25, 0.3) is 0 Å². The molecule has 0 aliphatic carbocycles. The van der Waals surface area contributed by atoms with Gasteiger partial charge in [0.2, 0.25) is 0 Å². The largest absolute Gasteiger partial charge is 0.433 e. The van der Waals surface area contributed by atoms with Crippen molar-refractivity contribution in [1.29, 1.82) is 0 Å². The van der Waals surface area contributed by atoms with E-state index in [1.807, 2.05) is 13.8 Å². The number of nitrogens with zero attached hydrogens (tertiary/aromatic N) is 4. The van der Waals surface area contributed by atoms with E-state index in [0.717, 1.165) is 18.2 Å². The van der Waals surface area contributed by atoms with Crippen LogP contribution in [0.5, 0.6) is 0 Å². The summed E-state index contributed by atoms with van der Waals surface area (Å²) in [6, 6.07) is 2.27. The van der Waals surface area contributed by atoms with E-state index in [1.54, 1.807) is 6.07 Å². The summed E-state index contributed by atoms with van der Waals surface area (Å²) < 4.78 is 44.8. The molecule has 6 nitrogen and oxygen atoms in total. The minimum absolute atomic E-state index is 0.188. The number of alkyl halides is 3. The van der Waals surface area contributed by atoms with Gasteiger partial charge in [-0.15, -0.1) is 0 Å². The predicted octanol–water partition coefficient (Wildman–Crippen LogP) is 3.53. The molecule has 0 bridgehead atoms. The molecule has 0 aromatic carbocycles. The van der Waals surface area contributed by atoms with E-state index in [1.165, 1.54) is 11.9 Å². The molecule has 0 spiro atoms. The molecule has 1 amide bonds. The Bertz CT molecular complexity index is 779. The summed E-state index contributed by atoms with van der Waals surface area (Å²) in [7, 11) is 1.17. The third-order valence-electron chi connectivity index (χ3n) is 4.37. The van der Waals surface area contributed by atoms with Crippen LogP contribution in [0.3, 0.4) is 0 Å². The molecule has 0 radical (unpaired) electrons. The Morgan fingerprint density at radius 2 is 2.08 bits per heavy atom. The summed E-state index contributed by atoms with van der Waals surface area (Å²) in [5.41, 5.74) is -0.384. The zero-order valence-corrected chi connectivity index (χ0v) is 14.2. The number of carbonyl (C=O) groups excluding carboxylic acids is 1. The Morgan fingerprint density at radius 3 is 2.64 bits per heavy atom. The molecule has 1 saturated heterocycles. The van der Waals surface area contributed by atoms with Gasteiger partial charge in [0, 0.05) is 25.7 Å². The van der Waals surface area contributed by atoms with Gasteiger partial charge in [-0.05, 0) is 18.8 Å². The second-order valence-electron chi connectivity index (χ2n) is 6.50. The minimum atomic E-state index is -4.55. The SMILES string of the molecule is CC(C)c1cc([C@@H]2CCCN2C(=O)c2cc(C(F)(F)F)n(C)n2)on1. The molecular formula is C16H19F3N4O2. The van der Waals surface area contributed by atoms with E-state index in [2.05, 4.69) is 10.3 Å². The molecule has 1 atom stereocenters. The lowest BCUT2D eigenvalue weighted by Gasteiger charge is -2.21. The molecule has 9 heteroatoms. The Balaban J connectivity index is 1.86. The molecule has 2 aromatic rings. The summed E-state index contributed by atoms with van der Waals surface area (Å²) in [6.07, 6.45) is -3.13. The molecule has 1 aliphatic heterocycles. The Labute approximate surface area is 142 Å². The van der Waals surface area contributed by atoms with Crippen molar-refractivity contribution < 1.29 is 22.5 Å². The third kappa shape index (κ3) is 3.27. The number of carbonyl (C=O) groups is 1. The van der Waals surface area contributed by atoms with E-state index < -0.39 is 17.8 Å². The average molecular weight is 356 g/mol. The molecule has 2 aromatic heterocycles. The highest BCUT2D eigenvalue weighted by Gasteiger charge is 2.38. The summed E-state index contributed by atoms with van der Waals surface area (Å²) >= 11 is 0. The number of halogens is 3. The second-order valence-corrected chi connectivity index (χ2v) is 6.50. The lowest BCUT2D eigenvalue weighted by Crippen LogP contribution is -2.30. The Hall–Kier alpha value is -2.32. The Kier molecular flexibility index (Phi) is 4.34. The van der Waals surface area contributed by atoms with Gasteiger partial charge in [0.05, 0.1) is 11.7 Å². The Morgan fingerprint density at radius 1 is 1.36 bits per heavy atom. The van der Waals surface area contributed by atoms with Crippen molar-refractivity contribution in [2.75, 3.05) is 6.54 Å². The van der Waals surface area contributed by atoms with Crippen LogP contribution in [0.4, 0.5) is 13.2 Å². The fourth-order valence-electron chi connectivity index (χ4n) is 3.02. The van der Waals surface area contributed by atoms with Crippen molar-refractivity contribution in [2.24, 2.45) is 7.05 Å². The molecule has 136 valence electrons. The van der Waals surface area contributed by atoms with Gasteiger partial charge in [0.1, 0.15) is 5.69 Å². The maximum atomic E-state index is 12.9. The molecule has 3 rings (SSSR count). The standard InChI is InChI=1S/C16H19F3N4O2/c1-9(2)10-7-13(25-21-10)12-5-4-6-23(12)15(24)11-8-14(16(17,18)19)22(3)20-11/h7-9,12H,4-6H2,1-3H3/t12-/m0/s1. The maximum absolute atomic E-state index is 12.9. The van der Waals surface area contributed by atoms with Gasteiger partial charge in [-0.2, -0.15) is 18.3 Å². The second kappa shape index (κ2) is 6.20. The number of aryl methyl sites for hydroxylation is 1. The van der Waals surface area contributed by atoms with Gasteiger partial charge < -0.3 is 9.42 Å². The quantitative estimate of drug-likeness (QED) is 0.844. The molecule has 0 saturated carbocycles. The lowest BCUT2D eigenvalue weighted by molar-refractivity contribution is -0.143. The van der Waals surface area contributed by atoms with Gasteiger partial charge in [-0.3, -0.25) is 9.48 Å². The van der Waals surface area contributed by atoms with Crippen molar-refractivity contribution in [3.05, 3.63) is 35.0 Å². The smallest absolute Gasteiger partial charge is 0.359 e. The first-order chi connectivity index (χ1) is 11.7. The van der Waals surface area contributed by atoms with Crippen LogP contribution in [0.2, 0.25) is 0 Å². The first kappa shape index (κ1) is 17.5. The van der Waals surface area contributed by atoms with Crippen LogP contribution in [0.15, 0.2) is 16.7 Å². The average Bonchev–Trinajstić information content (AvgIpc) is 3.23. The molecule has 1 fully saturated rings. The molecule has 0 unspecified atom stereocenters. The number of hydrogen-bond acceptors (Lipinski definition) is 4. The number of likely N-dealkylation sites (tertiary alicyclic amines) is 1. The van der Waals surface area contributed by atoms with Crippen molar-refractivity contribution >= 4 is 5.91 Å². The van der Waals surface area contributed by atoms with Crippen molar-refractivity contribution in [3.63, 3.8) is 0 Å². The molecular weight excluding hydrogens is 337 g/mol. The van der Waals surface area contributed by atoms with Crippen molar-refractivity contribution in [3.8, 4) is 0 Å². The number of rotatable bonds is 3. The highest BCUT2D eigenvalue weighted by molar-refractivity contribution is 5.93. The van der Waals surface area contributed by atoms with Crippen LogP contribution >= 0.6 is 0 Å². The molecule has 1 aliphatic rings. The van der Waals surface area contributed by atoms with E-state index in [4.69, 9.17) is 4.52 Å². The number of amides is 1. The van der Waals surface area contributed by atoms with Crippen molar-refractivity contribution in [1.82, 2.24) is 19.8 Å². The van der Waals surface area contributed by atoms with E-state index >= 15 is 0 Å². The highest BCUT2D eigenvalue weighted by Crippen LogP contribution is 2.35. The normalized spacial score (nSPS) is 18.4. The first-order valence-electron chi connectivity index (χ1n) is 8.07. The van der Waals surface area contributed by atoms with E-state index in [-0.39, 0.29) is 17.7 Å². The maximum Gasteiger partial charge on any atom is 0.433 e. The van der Waals surface area contributed by atoms with Crippen LogP contribution < -0.4 is 0 Å². The monoisotopic (exact) mass is 356 g/mol. The fraction of sp³-hybridized carbons (Fsp3) is 0.562. The summed E-state index contributed by atoms with van der Waals surface area (Å²) in [4.78, 5) is 14.2. The molecule has 3 heterocycles. The first-order valence-corrected chi connectivity index (χ1v) is 8.07. The van der Waals surface area contributed by atoms with E-state index in [9.17, 15) is 18.0 Å².